The number of anilines is 2. The van der Waals surface area contributed by atoms with E-state index in [0.29, 0.717) is 12.0 Å². The first-order chi connectivity index (χ1) is 13.8. The van der Waals surface area contributed by atoms with E-state index < -0.39 is 0 Å². The summed E-state index contributed by atoms with van der Waals surface area (Å²) >= 11 is 1.54. The molecule has 0 aliphatic carbocycles. The molecule has 140 valence electrons. The fraction of sp³-hybridized carbons (Fsp3) is 0.238. The van der Waals surface area contributed by atoms with Gasteiger partial charge in [-0.25, -0.2) is 15.0 Å². The number of aromatic nitrogens is 4. The lowest BCUT2D eigenvalue weighted by atomic mass is 10.1. The SMILES string of the molecule is c1cnc2ccc(CN3CCC[C@@H]3c3ccnc(Nc4nccs4)n3)cc2c1. The summed E-state index contributed by atoms with van der Waals surface area (Å²) in [5, 5.41) is 7.12. The molecule has 0 spiro atoms. The summed E-state index contributed by atoms with van der Waals surface area (Å²) in [6.45, 7) is 1.99. The van der Waals surface area contributed by atoms with Gasteiger partial charge in [-0.1, -0.05) is 12.1 Å². The number of hydrogen-bond acceptors (Lipinski definition) is 7. The maximum atomic E-state index is 4.76. The van der Waals surface area contributed by atoms with Crippen molar-refractivity contribution in [3.05, 3.63) is 71.6 Å². The Labute approximate surface area is 167 Å². The standard InChI is InChI=1S/C21H20N6S/c1-3-16-13-15(5-6-17(16)22-8-1)14-27-11-2-4-19(27)18-7-9-23-20(25-18)26-21-24-10-12-28-21/h1,3,5-10,12-13,19H,2,4,11,14H2,(H,23,24,25,26)/t19-/m1/s1. The molecule has 0 unspecified atom stereocenters. The molecule has 5 rings (SSSR count). The normalized spacial score (nSPS) is 17.2. The van der Waals surface area contributed by atoms with E-state index in [0.717, 1.165) is 35.9 Å². The molecule has 4 aromatic rings. The van der Waals surface area contributed by atoms with Crippen LogP contribution in [-0.4, -0.2) is 31.4 Å². The average molecular weight is 389 g/mol. The zero-order valence-corrected chi connectivity index (χ0v) is 16.1. The van der Waals surface area contributed by atoms with Crippen LogP contribution in [0.3, 0.4) is 0 Å². The molecule has 28 heavy (non-hydrogen) atoms. The molecule has 3 aromatic heterocycles. The van der Waals surface area contributed by atoms with Gasteiger partial charge in [-0.15, -0.1) is 11.3 Å². The second-order valence-electron chi connectivity index (χ2n) is 6.93. The Morgan fingerprint density at radius 3 is 3.00 bits per heavy atom. The van der Waals surface area contributed by atoms with Crippen LogP contribution in [0.4, 0.5) is 11.1 Å². The van der Waals surface area contributed by atoms with Crippen LogP contribution in [0, 0.1) is 0 Å². The maximum absolute atomic E-state index is 4.76. The molecule has 1 atom stereocenters. The van der Waals surface area contributed by atoms with Gasteiger partial charge < -0.3 is 5.32 Å². The molecule has 1 aliphatic heterocycles. The van der Waals surface area contributed by atoms with Gasteiger partial charge in [0.2, 0.25) is 5.95 Å². The van der Waals surface area contributed by atoms with E-state index in [1.165, 1.54) is 17.4 Å². The molecule has 7 heteroatoms. The highest BCUT2D eigenvalue weighted by molar-refractivity contribution is 7.13. The number of nitrogens with one attached hydrogen (secondary N) is 1. The molecule has 4 heterocycles. The molecule has 0 amide bonds. The van der Waals surface area contributed by atoms with Crippen molar-refractivity contribution in [1.82, 2.24) is 24.8 Å². The van der Waals surface area contributed by atoms with E-state index in [1.807, 2.05) is 29.9 Å². The van der Waals surface area contributed by atoms with Crippen LogP contribution in [0.2, 0.25) is 0 Å². The van der Waals surface area contributed by atoms with Crippen molar-refractivity contribution >= 4 is 33.3 Å². The lowest BCUT2D eigenvalue weighted by molar-refractivity contribution is 0.244. The van der Waals surface area contributed by atoms with Crippen LogP contribution in [0.15, 0.2) is 60.4 Å². The zero-order valence-electron chi connectivity index (χ0n) is 15.3. The fourth-order valence-corrected chi connectivity index (χ4v) is 4.33. The molecular formula is C21H20N6S. The monoisotopic (exact) mass is 388 g/mol. The van der Waals surface area contributed by atoms with E-state index in [1.54, 1.807) is 17.5 Å². The van der Waals surface area contributed by atoms with Crippen molar-refractivity contribution in [2.45, 2.75) is 25.4 Å². The Morgan fingerprint density at radius 2 is 2.07 bits per heavy atom. The minimum Gasteiger partial charge on any atom is -0.300 e. The minimum absolute atomic E-state index is 0.310. The number of nitrogens with zero attached hydrogens (tertiary/aromatic N) is 5. The van der Waals surface area contributed by atoms with Gasteiger partial charge in [-0.3, -0.25) is 9.88 Å². The summed E-state index contributed by atoms with van der Waals surface area (Å²) < 4.78 is 0. The van der Waals surface area contributed by atoms with Gasteiger partial charge in [-0.2, -0.15) is 0 Å². The zero-order chi connectivity index (χ0) is 18.8. The minimum atomic E-state index is 0.310. The molecule has 0 bridgehead atoms. The summed E-state index contributed by atoms with van der Waals surface area (Å²) in [4.78, 5) is 20.3. The summed E-state index contributed by atoms with van der Waals surface area (Å²) in [6.07, 6.45) is 7.73. The summed E-state index contributed by atoms with van der Waals surface area (Å²) in [5.41, 5.74) is 3.41. The Kier molecular flexibility index (Phi) is 4.68. The topological polar surface area (TPSA) is 66.8 Å². The third kappa shape index (κ3) is 3.58. The second-order valence-corrected chi connectivity index (χ2v) is 7.82. The van der Waals surface area contributed by atoms with Gasteiger partial charge in [0.1, 0.15) is 0 Å². The average Bonchev–Trinajstić information content (AvgIpc) is 3.40. The summed E-state index contributed by atoms with van der Waals surface area (Å²) in [6, 6.07) is 13.0. The molecule has 1 fully saturated rings. The van der Waals surface area contributed by atoms with E-state index in [-0.39, 0.29) is 0 Å². The molecule has 1 aliphatic rings. The van der Waals surface area contributed by atoms with E-state index in [2.05, 4.69) is 49.4 Å². The van der Waals surface area contributed by atoms with Crippen LogP contribution in [0.25, 0.3) is 10.9 Å². The number of rotatable bonds is 5. The van der Waals surface area contributed by atoms with E-state index in [9.17, 15) is 0 Å². The lowest BCUT2D eigenvalue weighted by Gasteiger charge is -2.24. The summed E-state index contributed by atoms with van der Waals surface area (Å²) in [5.74, 6) is 0.607. The fourth-order valence-electron chi connectivity index (χ4n) is 3.81. The molecule has 6 nitrogen and oxygen atoms in total. The maximum Gasteiger partial charge on any atom is 0.229 e. The lowest BCUT2D eigenvalue weighted by Crippen LogP contribution is -2.23. The quantitative estimate of drug-likeness (QED) is 0.540. The van der Waals surface area contributed by atoms with Gasteiger partial charge in [0, 0.05) is 35.9 Å². The first-order valence-corrected chi connectivity index (χ1v) is 10.3. The van der Waals surface area contributed by atoms with Gasteiger partial charge in [0.15, 0.2) is 5.13 Å². The van der Waals surface area contributed by atoms with Gasteiger partial charge >= 0.3 is 0 Å². The van der Waals surface area contributed by atoms with Gasteiger partial charge in [-0.05, 0) is 49.2 Å². The van der Waals surface area contributed by atoms with Crippen molar-refractivity contribution in [3.8, 4) is 0 Å². The molecule has 1 saturated heterocycles. The molecular weight excluding hydrogens is 368 g/mol. The van der Waals surface area contributed by atoms with Crippen LogP contribution >= 0.6 is 11.3 Å². The number of pyridine rings is 1. The van der Waals surface area contributed by atoms with Crippen molar-refractivity contribution < 1.29 is 0 Å². The van der Waals surface area contributed by atoms with Crippen LogP contribution < -0.4 is 5.32 Å². The van der Waals surface area contributed by atoms with Gasteiger partial charge in [0.05, 0.1) is 17.3 Å². The van der Waals surface area contributed by atoms with Crippen molar-refractivity contribution in [2.24, 2.45) is 0 Å². The van der Waals surface area contributed by atoms with Crippen molar-refractivity contribution in [2.75, 3.05) is 11.9 Å². The molecule has 0 saturated carbocycles. The smallest absolute Gasteiger partial charge is 0.229 e. The van der Waals surface area contributed by atoms with Crippen molar-refractivity contribution in [3.63, 3.8) is 0 Å². The first kappa shape index (κ1) is 17.2. The Bertz CT molecular complexity index is 1080. The number of hydrogen-bond donors (Lipinski definition) is 1. The largest absolute Gasteiger partial charge is 0.300 e. The number of likely N-dealkylation sites (tertiary alicyclic amines) is 1. The third-order valence-electron chi connectivity index (χ3n) is 5.09. The highest BCUT2D eigenvalue weighted by Crippen LogP contribution is 2.33. The Morgan fingerprint density at radius 1 is 1.07 bits per heavy atom. The molecule has 1 aromatic carbocycles. The number of benzene rings is 1. The molecule has 1 N–H and O–H groups in total. The highest BCUT2D eigenvalue weighted by Gasteiger charge is 2.27. The van der Waals surface area contributed by atoms with Gasteiger partial charge in [0.25, 0.3) is 0 Å². The number of fused-ring (bicyclic) bond motifs is 1. The highest BCUT2D eigenvalue weighted by atomic mass is 32.1. The number of thiazole rings is 1. The van der Waals surface area contributed by atoms with E-state index >= 15 is 0 Å². The molecule has 0 radical (unpaired) electrons. The van der Waals surface area contributed by atoms with Crippen LogP contribution in [0.5, 0.6) is 0 Å². The van der Waals surface area contributed by atoms with Crippen molar-refractivity contribution in [1.29, 1.82) is 0 Å². The van der Waals surface area contributed by atoms with E-state index in [4.69, 9.17) is 4.98 Å². The predicted octanol–water partition coefficient (Wildman–Crippen LogP) is 4.56. The van der Waals surface area contributed by atoms with Crippen LogP contribution in [0.1, 0.15) is 30.1 Å². The predicted molar refractivity (Wildman–Crippen MR) is 112 cm³/mol. The second kappa shape index (κ2) is 7.61. The Hall–Kier alpha value is -2.90. The first-order valence-electron chi connectivity index (χ1n) is 9.42. The Balaban J connectivity index is 1.36. The summed E-state index contributed by atoms with van der Waals surface area (Å²) in [7, 11) is 0. The third-order valence-corrected chi connectivity index (χ3v) is 5.77. The van der Waals surface area contributed by atoms with Crippen LogP contribution in [-0.2, 0) is 6.54 Å².